The van der Waals surface area contributed by atoms with Gasteiger partial charge in [-0.1, -0.05) is 19.3 Å². The van der Waals surface area contributed by atoms with Gasteiger partial charge in [0.2, 0.25) is 5.95 Å². The molecule has 5 heteroatoms. The van der Waals surface area contributed by atoms with Gasteiger partial charge in [-0.3, -0.25) is 4.79 Å². The van der Waals surface area contributed by atoms with Crippen LogP contribution < -0.4 is 5.32 Å². The van der Waals surface area contributed by atoms with Crippen molar-refractivity contribution in [1.82, 2.24) is 10.3 Å². The summed E-state index contributed by atoms with van der Waals surface area (Å²) in [6.07, 6.45) is 7.59. The zero-order valence-electron chi connectivity index (χ0n) is 9.34. The number of carbonyl (C=O) groups excluding carboxylic acids is 1. The summed E-state index contributed by atoms with van der Waals surface area (Å²) in [6, 6.07) is 0.621. The Hall–Kier alpha value is -1.96. The highest BCUT2D eigenvalue weighted by molar-refractivity contribution is 5.94. The van der Waals surface area contributed by atoms with Gasteiger partial charge in [0, 0.05) is 6.20 Å². The molecule has 0 radical (unpaired) electrons. The van der Waals surface area contributed by atoms with E-state index in [9.17, 15) is 13.6 Å². The third kappa shape index (κ3) is 3.25. The molecule has 0 bridgehead atoms. The maximum Gasteiger partial charge on any atom is 0.255 e. The van der Waals surface area contributed by atoms with Crippen LogP contribution in [0.4, 0.5) is 8.78 Å². The van der Waals surface area contributed by atoms with Crippen LogP contribution in [0.3, 0.4) is 0 Å². The Bertz CT molecular complexity index is 454. The molecule has 0 aliphatic carbocycles. The summed E-state index contributed by atoms with van der Waals surface area (Å²) in [5.41, 5.74) is -0.395. The molecule has 3 nitrogen and oxygen atoms in total. The van der Waals surface area contributed by atoms with Crippen LogP contribution >= 0.6 is 0 Å². The number of hydrogen-bond donors (Lipinski definition) is 1. The normalized spacial score (nSPS) is 11.6. The summed E-state index contributed by atoms with van der Waals surface area (Å²) < 4.78 is 26.0. The van der Waals surface area contributed by atoms with E-state index in [-0.39, 0.29) is 0 Å². The number of rotatable bonds is 4. The minimum absolute atomic E-state index is 0.395. The minimum Gasteiger partial charge on any atom is -0.338 e. The number of amides is 1. The number of terminal acetylenes is 1. The van der Waals surface area contributed by atoms with Crippen molar-refractivity contribution in [2.45, 2.75) is 25.8 Å². The van der Waals surface area contributed by atoms with E-state index in [0.29, 0.717) is 6.42 Å². The van der Waals surface area contributed by atoms with E-state index in [1.54, 1.807) is 0 Å². The van der Waals surface area contributed by atoms with Crippen LogP contribution in [-0.4, -0.2) is 16.9 Å². The number of carbonyl (C=O) groups is 1. The number of pyridine rings is 1. The first-order chi connectivity index (χ1) is 8.10. The van der Waals surface area contributed by atoms with E-state index in [0.717, 1.165) is 18.7 Å². The largest absolute Gasteiger partial charge is 0.338 e. The molecule has 17 heavy (non-hydrogen) atoms. The van der Waals surface area contributed by atoms with Crippen molar-refractivity contribution in [3.05, 3.63) is 29.6 Å². The van der Waals surface area contributed by atoms with E-state index in [1.807, 2.05) is 6.92 Å². The van der Waals surface area contributed by atoms with Crippen molar-refractivity contribution < 1.29 is 13.6 Å². The smallest absolute Gasteiger partial charge is 0.255 e. The Kier molecular flexibility index (Phi) is 4.58. The zero-order chi connectivity index (χ0) is 12.8. The predicted molar refractivity (Wildman–Crippen MR) is 59.1 cm³/mol. The first-order valence-electron chi connectivity index (χ1n) is 5.17. The molecular formula is C12H12F2N2O. The Morgan fingerprint density at radius 2 is 2.35 bits per heavy atom. The summed E-state index contributed by atoms with van der Waals surface area (Å²) in [7, 11) is 0. The summed E-state index contributed by atoms with van der Waals surface area (Å²) >= 11 is 0. The van der Waals surface area contributed by atoms with Gasteiger partial charge in [0.15, 0.2) is 5.82 Å². The third-order valence-corrected chi connectivity index (χ3v) is 2.18. The van der Waals surface area contributed by atoms with Crippen LogP contribution in [0, 0.1) is 24.1 Å². The summed E-state index contributed by atoms with van der Waals surface area (Å²) in [5.74, 6) is -0.929. The quantitative estimate of drug-likeness (QED) is 0.643. The fourth-order valence-electron chi connectivity index (χ4n) is 1.32. The van der Waals surface area contributed by atoms with Gasteiger partial charge in [0.05, 0.1) is 11.6 Å². The van der Waals surface area contributed by atoms with Crippen LogP contribution in [0.1, 0.15) is 30.1 Å². The van der Waals surface area contributed by atoms with E-state index >= 15 is 0 Å². The highest BCUT2D eigenvalue weighted by atomic mass is 19.2. The first-order valence-corrected chi connectivity index (χ1v) is 5.17. The molecule has 0 aliphatic rings. The van der Waals surface area contributed by atoms with Crippen LogP contribution in [0.15, 0.2) is 12.3 Å². The molecule has 0 aliphatic heterocycles. The molecule has 0 spiro atoms. The number of aromatic nitrogens is 1. The number of halogens is 2. The average Bonchev–Trinajstić information content (AvgIpc) is 2.31. The fourth-order valence-corrected chi connectivity index (χ4v) is 1.32. The summed E-state index contributed by atoms with van der Waals surface area (Å²) in [6.45, 7) is 1.91. The van der Waals surface area contributed by atoms with Gasteiger partial charge in [0.25, 0.3) is 5.91 Å². The second-order valence-electron chi connectivity index (χ2n) is 3.44. The van der Waals surface area contributed by atoms with Gasteiger partial charge in [-0.2, -0.15) is 4.39 Å². The van der Waals surface area contributed by atoms with Gasteiger partial charge in [-0.25, -0.2) is 9.37 Å². The lowest BCUT2D eigenvalue weighted by molar-refractivity contribution is 0.0938. The molecule has 0 fully saturated rings. The molecule has 1 N–H and O–H groups in total. The van der Waals surface area contributed by atoms with E-state index in [4.69, 9.17) is 6.42 Å². The Morgan fingerprint density at radius 1 is 1.65 bits per heavy atom. The van der Waals surface area contributed by atoms with Crippen molar-refractivity contribution in [1.29, 1.82) is 0 Å². The van der Waals surface area contributed by atoms with Gasteiger partial charge >= 0.3 is 0 Å². The second-order valence-corrected chi connectivity index (χ2v) is 3.44. The fraction of sp³-hybridized carbons (Fsp3) is 0.333. The lowest BCUT2D eigenvalue weighted by atomic mass is 10.1. The molecule has 1 aromatic rings. The topological polar surface area (TPSA) is 42.0 Å². The molecule has 1 rings (SSSR count). The van der Waals surface area contributed by atoms with Crippen LogP contribution in [-0.2, 0) is 0 Å². The van der Waals surface area contributed by atoms with Gasteiger partial charge < -0.3 is 5.32 Å². The average molecular weight is 238 g/mol. The van der Waals surface area contributed by atoms with Crippen molar-refractivity contribution in [3.63, 3.8) is 0 Å². The maximum absolute atomic E-state index is 13.2. The standard InChI is InChI=1S/C12H12F2N2O/c1-3-5-8(4-2)16-12(17)9-6-7-15-11(14)10(9)13/h2,6-8H,3,5H2,1H3,(H,16,17). The number of hydrogen-bond acceptors (Lipinski definition) is 2. The summed E-state index contributed by atoms with van der Waals surface area (Å²) in [4.78, 5) is 14.7. The maximum atomic E-state index is 13.2. The molecule has 1 aromatic heterocycles. The minimum atomic E-state index is -1.30. The third-order valence-electron chi connectivity index (χ3n) is 2.18. The second kappa shape index (κ2) is 5.94. The number of nitrogens with zero attached hydrogens (tertiary/aromatic N) is 1. The number of nitrogens with one attached hydrogen (secondary N) is 1. The monoisotopic (exact) mass is 238 g/mol. The van der Waals surface area contributed by atoms with Gasteiger partial charge in [-0.05, 0) is 12.5 Å². The van der Waals surface area contributed by atoms with Gasteiger partial charge in [0.1, 0.15) is 0 Å². The lowest BCUT2D eigenvalue weighted by Crippen LogP contribution is -2.34. The Balaban J connectivity index is 2.83. The molecule has 0 saturated heterocycles. The lowest BCUT2D eigenvalue weighted by Gasteiger charge is -2.12. The molecule has 1 unspecified atom stereocenters. The van der Waals surface area contributed by atoms with Crippen LogP contribution in [0.2, 0.25) is 0 Å². The van der Waals surface area contributed by atoms with Crippen molar-refractivity contribution in [3.8, 4) is 12.3 Å². The molecule has 0 aromatic carbocycles. The Morgan fingerprint density at radius 3 is 2.94 bits per heavy atom. The first kappa shape index (κ1) is 13.1. The van der Waals surface area contributed by atoms with Crippen molar-refractivity contribution >= 4 is 5.91 Å². The predicted octanol–water partition coefficient (Wildman–Crippen LogP) is 1.89. The molecule has 90 valence electrons. The van der Waals surface area contributed by atoms with Crippen molar-refractivity contribution in [2.24, 2.45) is 0 Å². The summed E-state index contributed by atoms with van der Waals surface area (Å²) in [5, 5.41) is 2.44. The SMILES string of the molecule is C#CC(CCC)NC(=O)c1ccnc(F)c1F. The van der Waals surface area contributed by atoms with Crippen LogP contribution in [0.5, 0.6) is 0 Å². The Labute approximate surface area is 98.2 Å². The molecule has 1 atom stereocenters. The highest BCUT2D eigenvalue weighted by Gasteiger charge is 2.17. The van der Waals surface area contributed by atoms with Gasteiger partial charge in [-0.15, -0.1) is 6.42 Å². The molecule has 0 saturated carbocycles. The van der Waals surface area contributed by atoms with E-state index in [1.165, 1.54) is 0 Å². The molecule has 1 heterocycles. The van der Waals surface area contributed by atoms with E-state index < -0.39 is 29.3 Å². The zero-order valence-corrected chi connectivity index (χ0v) is 9.34. The molecular weight excluding hydrogens is 226 g/mol. The van der Waals surface area contributed by atoms with Crippen LogP contribution in [0.25, 0.3) is 0 Å². The van der Waals surface area contributed by atoms with Crippen molar-refractivity contribution in [2.75, 3.05) is 0 Å². The van der Waals surface area contributed by atoms with E-state index in [2.05, 4.69) is 16.2 Å². The highest BCUT2D eigenvalue weighted by Crippen LogP contribution is 2.09. The molecule has 1 amide bonds.